The molecule has 1 aromatic heterocycles. The quantitative estimate of drug-likeness (QED) is 0.329. The van der Waals surface area contributed by atoms with Crippen molar-refractivity contribution in [1.82, 2.24) is 4.98 Å². The van der Waals surface area contributed by atoms with E-state index in [0.29, 0.717) is 12.5 Å². The maximum Gasteiger partial charge on any atom is 0.419 e. The van der Waals surface area contributed by atoms with Gasteiger partial charge in [0.15, 0.2) is 0 Å². The number of fused-ring (bicyclic) bond motifs is 1. The van der Waals surface area contributed by atoms with E-state index in [1.165, 1.54) is 43.0 Å². The number of aliphatic carboxylic acids is 1. The molecule has 1 aliphatic rings. The highest BCUT2D eigenvalue weighted by molar-refractivity contribution is 5.66. The van der Waals surface area contributed by atoms with Gasteiger partial charge in [0.05, 0.1) is 5.56 Å². The molecule has 3 rings (SSSR count). The number of halogens is 4. The van der Waals surface area contributed by atoms with Crippen LogP contribution in [-0.2, 0) is 23.8 Å². The molecule has 0 bridgehead atoms. The number of carboxylic acids is 1. The van der Waals surface area contributed by atoms with E-state index in [1.807, 2.05) is 0 Å². The Labute approximate surface area is 186 Å². The van der Waals surface area contributed by atoms with Crippen LogP contribution >= 0.6 is 0 Å². The molecule has 0 saturated carbocycles. The van der Waals surface area contributed by atoms with Gasteiger partial charge in [0.2, 0.25) is 0 Å². The average molecular weight is 455 g/mol. The molecular weight excluding hydrogens is 424 g/mol. The molecule has 8 heteroatoms. The van der Waals surface area contributed by atoms with Crippen molar-refractivity contribution in [3.8, 4) is 0 Å². The second-order valence-electron chi connectivity index (χ2n) is 7.83. The summed E-state index contributed by atoms with van der Waals surface area (Å²) in [6.45, 7) is 1.04. The van der Waals surface area contributed by atoms with Crippen LogP contribution in [0, 0.1) is 5.82 Å². The summed E-state index contributed by atoms with van der Waals surface area (Å²) in [6.07, 6.45) is 5.68. The van der Waals surface area contributed by atoms with Crippen molar-refractivity contribution in [3.63, 3.8) is 0 Å². The standard InChI is InChI=1S/C17H26N2O2.C7H4F4/c20-16(21)10-6-4-2-1-3-5-9-15-12-11-14-8-7-13-18-17(14)19-15;8-6-4-2-1-3-5(6)7(9,10)11/h11-12H,1-10,13H2,(H,18,19)(H,20,21);1-4H. The zero-order chi connectivity index (χ0) is 23.4. The molecule has 32 heavy (non-hydrogen) atoms. The topological polar surface area (TPSA) is 62.2 Å². The highest BCUT2D eigenvalue weighted by atomic mass is 19.4. The van der Waals surface area contributed by atoms with Crippen LogP contribution < -0.4 is 5.32 Å². The van der Waals surface area contributed by atoms with E-state index in [0.717, 1.165) is 56.6 Å². The Morgan fingerprint density at radius 1 is 1.00 bits per heavy atom. The summed E-state index contributed by atoms with van der Waals surface area (Å²) in [5, 5.41) is 11.9. The summed E-state index contributed by atoms with van der Waals surface area (Å²) in [5.41, 5.74) is 1.32. The van der Waals surface area contributed by atoms with Gasteiger partial charge >= 0.3 is 12.1 Å². The smallest absolute Gasteiger partial charge is 0.419 e. The summed E-state index contributed by atoms with van der Waals surface area (Å²) >= 11 is 0. The van der Waals surface area contributed by atoms with Gasteiger partial charge in [-0.1, -0.05) is 43.9 Å². The van der Waals surface area contributed by atoms with Crippen LogP contribution in [0.5, 0.6) is 0 Å². The first kappa shape index (κ1) is 25.6. The largest absolute Gasteiger partial charge is 0.481 e. The number of carbonyl (C=O) groups is 1. The zero-order valence-corrected chi connectivity index (χ0v) is 18.1. The molecule has 1 aliphatic heterocycles. The van der Waals surface area contributed by atoms with E-state index in [4.69, 9.17) is 10.1 Å². The lowest BCUT2D eigenvalue weighted by atomic mass is 10.0. The lowest BCUT2D eigenvalue weighted by Gasteiger charge is -2.17. The Bertz CT molecular complexity index is 856. The molecule has 0 amide bonds. The molecule has 0 saturated heterocycles. The lowest BCUT2D eigenvalue weighted by molar-refractivity contribution is -0.140. The molecule has 0 atom stereocenters. The summed E-state index contributed by atoms with van der Waals surface area (Å²) in [7, 11) is 0. The number of nitrogens with one attached hydrogen (secondary N) is 1. The average Bonchev–Trinajstić information content (AvgIpc) is 2.75. The van der Waals surface area contributed by atoms with Crippen molar-refractivity contribution in [2.24, 2.45) is 0 Å². The predicted octanol–water partition coefficient (Wildman–Crippen LogP) is 6.64. The van der Waals surface area contributed by atoms with Crippen molar-refractivity contribution >= 4 is 11.8 Å². The number of carboxylic acid groups (broad SMARTS) is 1. The van der Waals surface area contributed by atoms with Gasteiger partial charge in [-0.15, -0.1) is 0 Å². The van der Waals surface area contributed by atoms with E-state index in [-0.39, 0.29) is 0 Å². The molecule has 0 spiro atoms. The van der Waals surface area contributed by atoms with Gasteiger partial charge in [0.25, 0.3) is 0 Å². The van der Waals surface area contributed by atoms with E-state index >= 15 is 0 Å². The molecule has 4 nitrogen and oxygen atoms in total. The van der Waals surface area contributed by atoms with Crippen molar-refractivity contribution < 1.29 is 27.5 Å². The van der Waals surface area contributed by atoms with Crippen LogP contribution in [-0.4, -0.2) is 22.6 Å². The molecular formula is C24H30F4N2O2. The number of hydrogen-bond donors (Lipinski definition) is 2. The minimum atomic E-state index is -4.59. The number of aromatic nitrogens is 1. The third-order valence-electron chi connectivity index (χ3n) is 5.20. The fourth-order valence-corrected chi connectivity index (χ4v) is 3.49. The number of benzene rings is 1. The monoisotopic (exact) mass is 454 g/mol. The fraction of sp³-hybridized carbons (Fsp3) is 0.500. The summed E-state index contributed by atoms with van der Waals surface area (Å²) < 4.78 is 47.8. The first-order chi connectivity index (χ1) is 15.3. The maximum atomic E-state index is 12.4. The molecule has 2 N–H and O–H groups in total. The third-order valence-corrected chi connectivity index (χ3v) is 5.20. The lowest BCUT2D eigenvalue weighted by Crippen LogP contribution is -2.13. The first-order valence-corrected chi connectivity index (χ1v) is 11.0. The summed E-state index contributed by atoms with van der Waals surface area (Å²) in [6, 6.07) is 8.23. The summed E-state index contributed by atoms with van der Waals surface area (Å²) in [4.78, 5) is 15.1. The molecule has 2 heterocycles. The number of pyridine rings is 1. The van der Waals surface area contributed by atoms with Gasteiger partial charge in [-0.25, -0.2) is 9.37 Å². The minimum absolute atomic E-state index is 0.312. The van der Waals surface area contributed by atoms with E-state index in [2.05, 4.69) is 17.4 Å². The minimum Gasteiger partial charge on any atom is -0.481 e. The Morgan fingerprint density at radius 3 is 2.34 bits per heavy atom. The van der Waals surface area contributed by atoms with Gasteiger partial charge in [0.1, 0.15) is 11.6 Å². The number of hydrogen-bond acceptors (Lipinski definition) is 3. The van der Waals surface area contributed by atoms with Crippen LogP contribution in [0.15, 0.2) is 36.4 Å². The third kappa shape index (κ3) is 9.24. The number of rotatable bonds is 9. The van der Waals surface area contributed by atoms with Crippen LogP contribution in [0.25, 0.3) is 0 Å². The van der Waals surface area contributed by atoms with Crippen molar-refractivity contribution in [2.75, 3.05) is 11.9 Å². The maximum absolute atomic E-state index is 12.4. The molecule has 0 aliphatic carbocycles. The number of nitrogens with zero attached hydrogens (tertiary/aromatic N) is 1. The SMILES string of the molecule is Fc1ccccc1C(F)(F)F.O=C(O)CCCCCCCCc1ccc2c(n1)NCCC2. The summed E-state index contributed by atoms with van der Waals surface area (Å²) in [5.74, 6) is -0.825. The van der Waals surface area contributed by atoms with Gasteiger partial charge in [-0.3, -0.25) is 4.79 Å². The van der Waals surface area contributed by atoms with Crippen LogP contribution in [0.3, 0.4) is 0 Å². The van der Waals surface area contributed by atoms with Gasteiger partial charge in [0, 0.05) is 18.7 Å². The molecule has 0 fully saturated rings. The van der Waals surface area contributed by atoms with Gasteiger partial charge in [-0.05, 0) is 55.9 Å². The van der Waals surface area contributed by atoms with E-state index in [1.54, 1.807) is 0 Å². The second kappa shape index (κ2) is 13.0. The zero-order valence-electron chi connectivity index (χ0n) is 18.1. The number of alkyl halides is 3. The molecule has 2 aromatic rings. The Hall–Kier alpha value is -2.64. The first-order valence-electron chi connectivity index (χ1n) is 11.0. The highest BCUT2D eigenvalue weighted by Gasteiger charge is 2.33. The van der Waals surface area contributed by atoms with Gasteiger partial charge < -0.3 is 10.4 Å². The molecule has 1 aromatic carbocycles. The molecule has 0 radical (unpaired) electrons. The van der Waals surface area contributed by atoms with E-state index < -0.39 is 23.5 Å². The Morgan fingerprint density at radius 2 is 1.69 bits per heavy atom. The number of anilines is 1. The van der Waals surface area contributed by atoms with Crippen LogP contribution in [0.2, 0.25) is 0 Å². The Kier molecular flexibility index (Phi) is 10.4. The number of aryl methyl sites for hydroxylation is 2. The fourth-order valence-electron chi connectivity index (χ4n) is 3.49. The van der Waals surface area contributed by atoms with Crippen molar-refractivity contribution in [2.45, 2.75) is 70.4 Å². The number of unbranched alkanes of at least 4 members (excludes halogenated alkanes) is 5. The van der Waals surface area contributed by atoms with Crippen LogP contribution in [0.4, 0.5) is 23.4 Å². The van der Waals surface area contributed by atoms with Crippen molar-refractivity contribution in [3.05, 3.63) is 59.0 Å². The molecule has 176 valence electrons. The normalized spacial score (nSPS) is 12.9. The van der Waals surface area contributed by atoms with Crippen molar-refractivity contribution in [1.29, 1.82) is 0 Å². The predicted molar refractivity (Wildman–Crippen MR) is 116 cm³/mol. The van der Waals surface area contributed by atoms with E-state index in [9.17, 15) is 22.4 Å². The second-order valence-corrected chi connectivity index (χ2v) is 7.83. The Balaban J connectivity index is 0.000000278. The van der Waals surface area contributed by atoms with Gasteiger partial charge in [-0.2, -0.15) is 13.2 Å². The van der Waals surface area contributed by atoms with Crippen LogP contribution in [0.1, 0.15) is 68.2 Å². The highest BCUT2D eigenvalue weighted by Crippen LogP contribution is 2.30. The molecule has 0 unspecified atom stereocenters.